The van der Waals surface area contributed by atoms with E-state index in [0.717, 1.165) is 10.7 Å². The highest BCUT2D eigenvalue weighted by Gasteiger charge is 2.25. The molecule has 8 nitrogen and oxygen atoms in total. The van der Waals surface area contributed by atoms with E-state index < -0.39 is 5.92 Å². The number of hydrogen-bond donors (Lipinski definition) is 3. The molecule has 0 aliphatic heterocycles. The fourth-order valence-corrected chi connectivity index (χ4v) is 4.64. The lowest BCUT2D eigenvalue weighted by atomic mass is 10.0. The Balaban J connectivity index is 1.41. The Morgan fingerprint density at radius 3 is 2.81 bits per heavy atom. The second-order valence-corrected chi connectivity index (χ2v) is 9.27. The predicted molar refractivity (Wildman–Crippen MR) is 128 cm³/mol. The van der Waals surface area contributed by atoms with Gasteiger partial charge in [0.15, 0.2) is 5.13 Å². The first kappa shape index (κ1) is 22.5. The zero-order valence-corrected chi connectivity index (χ0v) is 19.3. The number of carbonyl (C=O) groups excluding carboxylic acids is 1. The first-order valence-electron chi connectivity index (χ1n) is 10.5. The van der Waals surface area contributed by atoms with E-state index in [1.165, 1.54) is 24.2 Å². The molecule has 0 saturated heterocycles. The second kappa shape index (κ2) is 10.8. The second-order valence-electron chi connectivity index (χ2n) is 7.30. The van der Waals surface area contributed by atoms with Gasteiger partial charge in [0.25, 0.3) is 0 Å². The summed E-state index contributed by atoms with van der Waals surface area (Å²) in [6.45, 7) is 2.32. The van der Waals surface area contributed by atoms with Gasteiger partial charge in [0.2, 0.25) is 11.8 Å². The van der Waals surface area contributed by atoms with Crippen LogP contribution in [0.15, 0.2) is 42.0 Å². The summed E-state index contributed by atoms with van der Waals surface area (Å²) in [6, 6.07) is 7.38. The third-order valence-corrected chi connectivity index (χ3v) is 6.82. The lowest BCUT2D eigenvalue weighted by Gasteiger charge is -2.14. The third-order valence-electron chi connectivity index (χ3n) is 4.80. The number of aliphatic hydroxyl groups excluding tert-OH is 1. The summed E-state index contributed by atoms with van der Waals surface area (Å²) in [7, 11) is 0. The van der Waals surface area contributed by atoms with Gasteiger partial charge in [0.1, 0.15) is 0 Å². The number of benzene rings is 1. The number of aromatic nitrogens is 3. The van der Waals surface area contributed by atoms with Crippen LogP contribution in [0.5, 0.6) is 5.88 Å². The molecule has 1 unspecified atom stereocenters. The van der Waals surface area contributed by atoms with Gasteiger partial charge in [-0.2, -0.15) is 0 Å². The van der Waals surface area contributed by atoms with Crippen LogP contribution < -0.4 is 14.8 Å². The number of nitrogens with one attached hydrogen (secondary N) is 2. The molecule has 3 aromatic rings. The Bertz CT molecular complexity index is 1040. The molecule has 1 aromatic carbocycles. The van der Waals surface area contributed by atoms with Crippen molar-refractivity contribution in [2.45, 2.75) is 37.4 Å². The number of nitrogens with zero attached hydrogens (tertiary/aromatic N) is 3. The Morgan fingerprint density at radius 2 is 2.09 bits per heavy atom. The topological polar surface area (TPSA) is 109 Å². The monoisotopic (exact) mass is 471 g/mol. The van der Waals surface area contributed by atoms with Crippen LogP contribution in [0.4, 0.5) is 10.8 Å². The average molecular weight is 472 g/mol. The molecule has 0 bridgehead atoms. The summed E-state index contributed by atoms with van der Waals surface area (Å²) in [6.07, 6.45) is 6.02. The zero-order chi connectivity index (χ0) is 22.3. The lowest BCUT2D eigenvalue weighted by Crippen LogP contribution is -2.22. The Morgan fingerprint density at radius 1 is 1.28 bits per heavy atom. The van der Waals surface area contributed by atoms with Crippen molar-refractivity contribution in [3.63, 3.8) is 0 Å². The van der Waals surface area contributed by atoms with E-state index in [9.17, 15) is 9.90 Å². The third kappa shape index (κ3) is 5.96. The van der Waals surface area contributed by atoms with E-state index in [1.54, 1.807) is 24.3 Å². The van der Waals surface area contributed by atoms with Gasteiger partial charge in [-0.05, 0) is 50.3 Å². The molecule has 1 aliphatic rings. The highest BCUT2D eigenvalue weighted by Crippen LogP contribution is 2.36. The van der Waals surface area contributed by atoms with E-state index in [2.05, 4.69) is 25.0 Å². The largest absolute Gasteiger partial charge is 0.477 e. The Labute approximate surface area is 195 Å². The molecule has 0 radical (unpaired) electrons. The smallest absolute Gasteiger partial charge is 0.233 e. The number of anilines is 2. The van der Waals surface area contributed by atoms with E-state index >= 15 is 0 Å². The highest BCUT2D eigenvalue weighted by atomic mass is 32.2. The molecule has 1 aliphatic carbocycles. The molecule has 168 valence electrons. The van der Waals surface area contributed by atoms with Gasteiger partial charge in [-0.3, -0.25) is 9.78 Å². The van der Waals surface area contributed by atoms with Crippen molar-refractivity contribution < 1.29 is 14.6 Å². The molecule has 32 heavy (non-hydrogen) atoms. The lowest BCUT2D eigenvalue weighted by molar-refractivity contribution is -0.118. The molecule has 1 atom stereocenters. The summed E-state index contributed by atoms with van der Waals surface area (Å²) in [4.78, 5) is 26.1. The number of hydrogen-bond acceptors (Lipinski definition) is 9. The Hall–Kier alpha value is -2.69. The van der Waals surface area contributed by atoms with Crippen molar-refractivity contribution in [1.29, 1.82) is 0 Å². The summed E-state index contributed by atoms with van der Waals surface area (Å²) in [5.41, 5.74) is 2.89. The summed E-state index contributed by atoms with van der Waals surface area (Å²) in [5.74, 6) is -0.246. The number of aliphatic hydroxyl groups is 1. The molecule has 3 N–H and O–H groups in total. The minimum absolute atomic E-state index is 0.0943. The predicted octanol–water partition coefficient (Wildman–Crippen LogP) is 4.33. The minimum atomic E-state index is -0.522. The first-order chi connectivity index (χ1) is 15.7. The van der Waals surface area contributed by atoms with Gasteiger partial charge in [0, 0.05) is 28.5 Å². The SMILES string of the molecule is CCOc1cncc(-c2ccc(NC(=O)C(CCO)c3csc(NSC4CC4)n3)cc2)n1. The molecular formula is C22H25N5O3S2. The first-order valence-corrected chi connectivity index (χ1v) is 12.3. The van der Waals surface area contributed by atoms with Gasteiger partial charge >= 0.3 is 0 Å². The average Bonchev–Trinajstić information content (AvgIpc) is 3.53. The number of ether oxygens (including phenoxy) is 1. The normalized spacial score (nSPS) is 14.1. The molecular weight excluding hydrogens is 446 g/mol. The molecule has 1 saturated carbocycles. The molecule has 4 rings (SSSR count). The van der Waals surface area contributed by atoms with Gasteiger partial charge in [0.05, 0.1) is 36.3 Å². The molecule has 2 heterocycles. The van der Waals surface area contributed by atoms with Crippen molar-refractivity contribution in [3.8, 4) is 17.1 Å². The van der Waals surface area contributed by atoms with Crippen LogP contribution in [0.25, 0.3) is 11.3 Å². The summed E-state index contributed by atoms with van der Waals surface area (Å²) < 4.78 is 8.66. The molecule has 2 aromatic heterocycles. The van der Waals surface area contributed by atoms with Crippen molar-refractivity contribution in [2.24, 2.45) is 0 Å². The van der Waals surface area contributed by atoms with Crippen molar-refractivity contribution in [1.82, 2.24) is 15.0 Å². The molecule has 0 spiro atoms. The van der Waals surface area contributed by atoms with Crippen LogP contribution >= 0.6 is 23.3 Å². The van der Waals surface area contributed by atoms with Crippen LogP contribution in [-0.4, -0.2) is 44.4 Å². The zero-order valence-electron chi connectivity index (χ0n) is 17.7. The van der Waals surface area contributed by atoms with Gasteiger partial charge in [-0.1, -0.05) is 12.1 Å². The standard InChI is InChI=1S/C22H25N5O3S2/c1-2-30-20-12-23-11-18(25-20)14-3-5-15(6-4-14)24-21(29)17(9-10-28)19-13-31-22(26-19)27-32-16-7-8-16/h3-6,11-13,16-17,28H,2,7-10H2,1H3,(H,24,29)(H,26,27). The maximum Gasteiger partial charge on any atom is 0.233 e. The van der Waals surface area contributed by atoms with Crippen LogP contribution in [0.1, 0.15) is 37.8 Å². The number of amides is 1. The summed E-state index contributed by atoms with van der Waals surface area (Å²) in [5, 5.41) is 15.7. The van der Waals surface area contributed by atoms with Gasteiger partial charge < -0.3 is 19.9 Å². The van der Waals surface area contributed by atoms with E-state index in [0.29, 0.717) is 41.2 Å². The molecule has 1 fully saturated rings. The molecule has 10 heteroatoms. The van der Waals surface area contributed by atoms with Crippen LogP contribution in [0, 0.1) is 0 Å². The highest BCUT2D eigenvalue weighted by molar-refractivity contribution is 8.01. The number of rotatable bonds is 11. The van der Waals surface area contributed by atoms with Crippen LogP contribution in [0.3, 0.4) is 0 Å². The van der Waals surface area contributed by atoms with E-state index in [-0.39, 0.29) is 12.5 Å². The maximum absolute atomic E-state index is 12.9. The fourth-order valence-electron chi connectivity index (χ4n) is 3.01. The number of carbonyl (C=O) groups is 1. The van der Waals surface area contributed by atoms with Crippen molar-refractivity contribution in [2.75, 3.05) is 23.3 Å². The summed E-state index contributed by atoms with van der Waals surface area (Å²) >= 11 is 3.15. The fraction of sp³-hybridized carbons (Fsp3) is 0.364. The quantitative estimate of drug-likeness (QED) is 0.355. The number of thiazole rings is 1. The van der Waals surface area contributed by atoms with E-state index in [1.807, 2.05) is 36.6 Å². The van der Waals surface area contributed by atoms with Gasteiger partial charge in [-0.15, -0.1) is 11.3 Å². The minimum Gasteiger partial charge on any atom is -0.477 e. The van der Waals surface area contributed by atoms with Crippen molar-refractivity contribution >= 4 is 40.0 Å². The molecule has 1 amide bonds. The Kier molecular flexibility index (Phi) is 7.56. The van der Waals surface area contributed by atoms with Gasteiger partial charge in [-0.25, -0.2) is 9.97 Å². The van der Waals surface area contributed by atoms with Crippen LogP contribution in [0.2, 0.25) is 0 Å². The van der Waals surface area contributed by atoms with Crippen molar-refractivity contribution in [3.05, 3.63) is 47.7 Å². The van der Waals surface area contributed by atoms with E-state index in [4.69, 9.17) is 4.74 Å². The maximum atomic E-state index is 12.9. The van der Waals surface area contributed by atoms with Crippen LogP contribution in [-0.2, 0) is 4.79 Å².